The second-order valence-electron chi connectivity index (χ2n) is 7.33. The molecule has 0 saturated carbocycles. The van der Waals surface area contributed by atoms with E-state index in [1.165, 1.54) is 24.3 Å². The summed E-state index contributed by atoms with van der Waals surface area (Å²) in [6.45, 7) is 3.87. The SMILES string of the molecule is Cc1cccc(C)c1NC(=O)Cn1cccc1-c1nc(-c2ccc(OC(F)(F)F)cc2)no1. The summed E-state index contributed by atoms with van der Waals surface area (Å²) >= 11 is 0. The number of para-hydroxylation sites is 1. The van der Waals surface area contributed by atoms with Gasteiger partial charge in [-0.1, -0.05) is 23.4 Å². The Morgan fingerprint density at radius 2 is 1.76 bits per heavy atom. The van der Waals surface area contributed by atoms with Crippen LogP contribution in [0.2, 0.25) is 0 Å². The summed E-state index contributed by atoms with van der Waals surface area (Å²) in [4.78, 5) is 16.9. The van der Waals surface area contributed by atoms with E-state index in [-0.39, 0.29) is 29.9 Å². The van der Waals surface area contributed by atoms with Gasteiger partial charge in [0.25, 0.3) is 5.89 Å². The van der Waals surface area contributed by atoms with Crippen LogP contribution in [0, 0.1) is 13.8 Å². The van der Waals surface area contributed by atoms with Crippen LogP contribution in [-0.4, -0.2) is 27.0 Å². The van der Waals surface area contributed by atoms with Crippen molar-refractivity contribution in [2.45, 2.75) is 26.8 Å². The van der Waals surface area contributed by atoms with Crippen LogP contribution in [0.5, 0.6) is 5.75 Å². The van der Waals surface area contributed by atoms with Gasteiger partial charge in [-0.3, -0.25) is 4.79 Å². The fraction of sp³-hybridized carbons (Fsp3) is 0.174. The molecule has 10 heteroatoms. The van der Waals surface area contributed by atoms with Gasteiger partial charge >= 0.3 is 6.36 Å². The third-order valence-electron chi connectivity index (χ3n) is 4.88. The van der Waals surface area contributed by atoms with Crippen molar-refractivity contribution in [2.75, 3.05) is 5.32 Å². The van der Waals surface area contributed by atoms with E-state index in [0.717, 1.165) is 16.8 Å². The van der Waals surface area contributed by atoms with Crippen molar-refractivity contribution in [3.8, 4) is 28.7 Å². The molecule has 2 heterocycles. The largest absolute Gasteiger partial charge is 0.573 e. The van der Waals surface area contributed by atoms with Crippen LogP contribution >= 0.6 is 0 Å². The van der Waals surface area contributed by atoms with Crippen molar-refractivity contribution in [3.05, 3.63) is 71.9 Å². The molecule has 0 saturated heterocycles. The van der Waals surface area contributed by atoms with Crippen molar-refractivity contribution in [1.82, 2.24) is 14.7 Å². The summed E-state index contributed by atoms with van der Waals surface area (Å²) in [6, 6.07) is 14.4. The maximum absolute atomic E-state index is 12.6. The van der Waals surface area contributed by atoms with E-state index in [1.54, 1.807) is 22.9 Å². The topological polar surface area (TPSA) is 82.2 Å². The molecule has 0 aliphatic carbocycles. The van der Waals surface area contributed by atoms with Gasteiger partial charge in [-0.2, -0.15) is 4.98 Å². The van der Waals surface area contributed by atoms with Gasteiger partial charge in [0.1, 0.15) is 18.0 Å². The number of amides is 1. The number of aromatic nitrogens is 3. The number of carbonyl (C=O) groups excluding carboxylic acids is 1. The Kier molecular flexibility index (Phi) is 5.91. The van der Waals surface area contributed by atoms with Gasteiger partial charge in [0, 0.05) is 17.4 Å². The summed E-state index contributed by atoms with van der Waals surface area (Å²) in [7, 11) is 0. The average Bonchev–Trinajstić information content (AvgIpc) is 3.40. The highest BCUT2D eigenvalue weighted by Crippen LogP contribution is 2.27. The van der Waals surface area contributed by atoms with Crippen molar-refractivity contribution in [3.63, 3.8) is 0 Å². The minimum atomic E-state index is -4.77. The highest BCUT2D eigenvalue weighted by Gasteiger charge is 2.31. The summed E-state index contributed by atoms with van der Waals surface area (Å²) in [5.41, 5.74) is 3.68. The lowest BCUT2D eigenvalue weighted by Crippen LogP contribution is -2.20. The number of benzene rings is 2. The molecule has 0 fully saturated rings. The maximum Gasteiger partial charge on any atom is 0.573 e. The van der Waals surface area contributed by atoms with Gasteiger partial charge in [-0.15, -0.1) is 13.2 Å². The van der Waals surface area contributed by atoms with Gasteiger partial charge in [0.2, 0.25) is 11.7 Å². The van der Waals surface area contributed by atoms with Gasteiger partial charge in [0.05, 0.1) is 0 Å². The van der Waals surface area contributed by atoms with Crippen molar-refractivity contribution in [2.24, 2.45) is 0 Å². The Hall–Kier alpha value is -4.08. The van der Waals surface area contributed by atoms with Crippen LogP contribution in [-0.2, 0) is 11.3 Å². The molecule has 1 amide bonds. The van der Waals surface area contributed by atoms with Crippen LogP contribution in [0.1, 0.15) is 11.1 Å². The molecule has 0 aliphatic rings. The molecule has 170 valence electrons. The molecule has 2 aromatic heterocycles. The zero-order chi connectivity index (χ0) is 23.6. The van der Waals surface area contributed by atoms with E-state index in [4.69, 9.17) is 4.52 Å². The van der Waals surface area contributed by atoms with E-state index in [0.29, 0.717) is 11.3 Å². The van der Waals surface area contributed by atoms with Gasteiger partial charge in [-0.25, -0.2) is 0 Å². The zero-order valence-electron chi connectivity index (χ0n) is 17.7. The second kappa shape index (κ2) is 8.81. The lowest BCUT2D eigenvalue weighted by atomic mass is 10.1. The average molecular weight is 456 g/mol. The van der Waals surface area contributed by atoms with Gasteiger partial charge in [0.15, 0.2) is 0 Å². The first-order chi connectivity index (χ1) is 15.7. The van der Waals surface area contributed by atoms with E-state index in [1.807, 2.05) is 32.0 Å². The minimum Gasteiger partial charge on any atom is -0.406 e. The van der Waals surface area contributed by atoms with Crippen LogP contribution < -0.4 is 10.1 Å². The zero-order valence-corrected chi connectivity index (χ0v) is 17.7. The number of hydrogen-bond donors (Lipinski definition) is 1. The number of alkyl halides is 3. The minimum absolute atomic E-state index is 0.0251. The molecule has 4 aromatic rings. The first-order valence-corrected chi connectivity index (χ1v) is 9.91. The lowest BCUT2D eigenvalue weighted by molar-refractivity contribution is -0.274. The van der Waals surface area contributed by atoms with Crippen LogP contribution in [0.3, 0.4) is 0 Å². The fourth-order valence-electron chi connectivity index (χ4n) is 3.34. The highest BCUT2D eigenvalue weighted by molar-refractivity contribution is 5.92. The number of aryl methyl sites for hydroxylation is 2. The molecule has 0 atom stereocenters. The van der Waals surface area contributed by atoms with E-state index in [9.17, 15) is 18.0 Å². The summed E-state index contributed by atoms with van der Waals surface area (Å²) in [5, 5.41) is 6.82. The van der Waals surface area contributed by atoms with E-state index >= 15 is 0 Å². The second-order valence-corrected chi connectivity index (χ2v) is 7.33. The first-order valence-electron chi connectivity index (χ1n) is 9.91. The van der Waals surface area contributed by atoms with Crippen LogP contribution in [0.15, 0.2) is 65.3 Å². The molecular weight excluding hydrogens is 437 g/mol. The predicted octanol–water partition coefficient (Wildman–Crippen LogP) is 5.36. The first kappa shape index (κ1) is 22.1. The van der Waals surface area contributed by atoms with Crippen molar-refractivity contribution >= 4 is 11.6 Å². The number of rotatable bonds is 6. The number of nitrogens with zero attached hydrogens (tertiary/aromatic N) is 3. The molecule has 7 nitrogen and oxygen atoms in total. The molecule has 0 unspecified atom stereocenters. The highest BCUT2D eigenvalue weighted by atomic mass is 19.4. The van der Waals surface area contributed by atoms with Crippen molar-refractivity contribution in [1.29, 1.82) is 0 Å². The lowest BCUT2D eigenvalue weighted by Gasteiger charge is -2.12. The van der Waals surface area contributed by atoms with Gasteiger partial charge in [-0.05, 0) is 61.4 Å². The van der Waals surface area contributed by atoms with E-state index < -0.39 is 6.36 Å². The summed E-state index contributed by atoms with van der Waals surface area (Å²) < 4.78 is 47.8. The third-order valence-corrected chi connectivity index (χ3v) is 4.88. The summed E-state index contributed by atoms with van der Waals surface area (Å²) in [6.07, 6.45) is -3.05. The number of nitrogens with one attached hydrogen (secondary N) is 1. The van der Waals surface area contributed by atoms with Gasteiger partial charge < -0.3 is 19.1 Å². The molecule has 2 aromatic carbocycles. The Bertz CT molecular complexity index is 1260. The van der Waals surface area contributed by atoms with Crippen LogP contribution in [0.25, 0.3) is 23.0 Å². The molecule has 0 aliphatic heterocycles. The van der Waals surface area contributed by atoms with Crippen molar-refractivity contribution < 1.29 is 27.2 Å². The molecule has 0 bridgehead atoms. The molecule has 0 spiro atoms. The Morgan fingerprint density at radius 3 is 2.42 bits per heavy atom. The molecule has 4 rings (SSSR count). The third kappa shape index (κ3) is 5.22. The standard InChI is InChI=1S/C23H19F3N4O3/c1-14-5-3-6-15(2)20(14)27-19(31)13-30-12-4-7-18(30)22-28-21(29-33-22)16-8-10-17(11-9-16)32-23(24,25)26/h3-12H,13H2,1-2H3,(H,27,31). The maximum atomic E-state index is 12.6. The number of ether oxygens (including phenoxy) is 1. The Balaban J connectivity index is 1.49. The number of anilines is 1. The molecule has 1 N–H and O–H groups in total. The summed E-state index contributed by atoms with van der Waals surface area (Å²) in [5.74, 6) is -0.203. The smallest absolute Gasteiger partial charge is 0.406 e. The molecule has 0 radical (unpaired) electrons. The normalized spacial score (nSPS) is 11.4. The molecule has 33 heavy (non-hydrogen) atoms. The van der Waals surface area contributed by atoms with Crippen LogP contribution in [0.4, 0.5) is 18.9 Å². The number of halogens is 3. The Labute approximate surface area is 186 Å². The molecular formula is C23H19F3N4O3. The fourth-order valence-corrected chi connectivity index (χ4v) is 3.34. The Morgan fingerprint density at radius 1 is 1.06 bits per heavy atom. The quantitative estimate of drug-likeness (QED) is 0.422. The number of carbonyl (C=O) groups is 1. The van der Waals surface area contributed by atoms with E-state index in [2.05, 4.69) is 20.2 Å². The predicted molar refractivity (Wildman–Crippen MR) is 114 cm³/mol. The monoisotopic (exact) mass is 456 g/mol. The number of hydrogen-bond acceptors (Lipinski definition) is 5.